The number of aliphatic hydroxyl groups is 1. The molecule has 1 heterocycles. The highest BCUT2D eigenvalue weighted by Gasteiger charge is 2.49. The molecule has 0 radical (unpaired) electrons. The van der Waals surface area contributed by atoms with Gasteiger partial charge in [-0.15, -0.1) is 0 Å². The molecule has 194 valence electrons. The summed E-state index contributed by atoms with van der Waals surface area (Å²) in [5.74, 6) is -0.127. The standard InChI is InChI=1S/C37H35NO/c39-36(35(29-17-6-1-7-18-29)30-19-8-2-9-20-30)34-27-16-28-38(34)37(31-21-10-3-11-22-31,32-23-12-4-13-24-32)33-25-14-5-15-26-33/h1-15,17-26,34-36,39H,16,27-28H2/t34?,36-/m0/s1. The normalized spacial score (nSPS) is 16.8. The molecule has 1 aliphatic heterocycles. The number of hydrogen-bond donors (Lipinski definition) is 1. The quantitative estimate of drug-likeness (QED) is 0.217. The highest BCUT2D eigenvalue weighted by atomic mass is 16.3. The van der Waals surface area contributed by atoms with E-state index in [1.165, 1.54) is 16.7 Å². The first kappa shape index (κ1) is 25.3. The molecule has 2 atom stereocenters. The molecular formula is C37H35NO. The summed E-state index contributed by atoms with van der Waals surface area (Å²) in [5.41, 5.74) is 5.41. The molecule has 1 aliphatic rings. The lowest BCUT2D eigenvalue weighted by Crippen LogP contribution is -2.54. The molecule has 2 heteroatoms. The molecule has 6 rings (SSSR count). The van der Waals surface area contributed by atoms with Gasteiger partial charge in [0, 0.05) is 18.5 Å². The summed E-state index contributed by atoms with van der Waals surface area (Å²) in [6, 6.07) is 53.5. The van der Waals surface area contributed by atoms with Gasteiger partial charge in [-0.1, -0.05) is 152 Å². The predicted molar refractivity (Wildman–Crippen MR) is 160 cm³/mol. The molecule has 0 saturated carbocycles. The highest BCUT2D eigenvalue weighted by Crippen LogP contribution is 2.48. The average molecular weight is 510 g/mol. The zero-order valence-corrected chi connectivity index (χ0v) is 22.2. The Bertz CT molecular complexity index is 1300. The monoisotopic (exact) mass is 509 g/mol. The summed E-state index contributed by atoms with van der Waals surface area (Å²) in [6.07, 6.45) is 1.38. The van der Waals surface area contributed by atoms with Gasteiger partial charge in [0.2, 0.25) is 0 Å². The summed E-state index contributed by atoms with van der Waals surface area (Å²) in [4.78, 5) is 2.59. The van der Waals surface area contributed by atoms with E-state index in [-0.39, 0.29) is 12.0 Å². The Balaban J connectivity index is 1.54. The van der Waals surface area contributed by atoms with Crippen LogP contribution in [0.25, 0.3) is 0 Å². The fourth-order valence-corrected chi connectivity index (χ4v) is 6.73. The Labute approximate surface area is 232 Å². The number of benzene rings is 5. The van der Waals surface area contributed by atoms with Gasteiger partial charge in [-0.05, 0) is 40.7 Å². The summed E-state index contributed by atoms with van der Waals surface area (Å²) in [7, 11) is 0. The molecular weight excluding hydrogens is 474 g/mol. The molecule has 1 N–H and O–H groups in total. The van der Waals surface area contributed by atoms with E-state index in [1.54, 1.807) is 0 Å². The Morgan fingerprint density at radius 1 is 0.538 bits per heavy atom. The Morgan fingerprint density at radius 2 is 0.897 bits per heavy atom. The van der Waals surface area contributed by atoms with Gasteiger partial charge >= 0.3 is 0 Å². The van der Waals surface area contributed by atoms with E-state index < -0.39 is 11.6 Å². The van der Waals surface area contributed by atoms with Gasteiger partial charge in [-0.3, -0.25) is 4.90 Å². The first-order valence-electron chi connectivity index (χ1n) is 14.0. The fourth-order valence-electron chi connectivity index (χ4n) is 6.73. The number of aliphatic hydroxyl groups excluding tert-OH is 1. The van der Waals surface area contributed by atoms with Gasteiger partial charge in [0.25, 0.3) is 0 Å². The van der Waals surface area contributed by atoms with Gasteiger partial charge in [0.15, 0.2) is 0 Å². The minimum absolute atomic E-state index is 0.0453. The molecule has 0 bridgehead atoms. The maximum absolute atomic E-state index is 12.4. The van der Waals surface area contributed by atoms with Crippen LogP contribution in [-0.2, 0) is 5.54 Å². The first-order valence-corrected chi connectivity index (χ1v) is 14.0. The molecule has 2 nitrogen and oxygen atoms in total. The molecule has 1 fully saturated rings. The zero-order valence-electron chi connectivity index (χ0n) is 22.2. The lowest BCUT2D eigenvalue weighted by Gasteiger charge is -2.48. The van der Waals surface area contributed by atoms with Crippen molar-refractivity contribution in [1.82, 2.24) is 4.90 Å². The van der Waals surface area contributed by atoms with Crippen molar-refractivity contribution in [2.45, 2.75) is 36.4 Å². The highest BCUT2D eigenvalue weighted by molar-refractivity contribution is 5.50. The third-order valence-electron chi connectivity index (χ3n) is 8.36. The van der Waals surface area contributed by atoms with Crippen molar-refractivity contribution >= 4 is 0 Å². The number of nitrogens with zero attached hydrogens (tertiary/aromatic N) is 1. The summed E-state index contributed by atoms with van der Waals surface area (Å²) in [6.45, 7) is 0.900. The van der Waals surface area contributed by atoms with E-state index in [2.05, 4.69) is 144 Å². The van der Waals surface area contributed by atoms with Gasteiger partial charge in [0.05, 0.1) is 11.6 Å². The van der Waals surface area contributed by atoms with Gasteiger partial charge < -0.3 is 5.11 Å². The van der Waals surface area contributed by atoms with Crippen LogP contribution in [0.3, 0.4) is 0 Å². The van der Waals surface area contributed by atoms with Crippen LogP contribution >= 0.6 is 0 Å². The van der Waals surface area contributed by atoms with Crippen LogP contribution in [0.15, 0.2) is 152 Å². The lowest BCUT2D eigenvalue weighted by molar-refractivity contribution is 0.0246. The van der Waals surface area contributed by atoms with Crippen LogP contribution in [0.5, 0.6) is 0 Å². The van der Waals surface area contributed by atoms with Crippen molar-refractivity contribution in [1.29, 1.82) is 0 Å². The van der Waals surface area contributed by atoms with Crippen molar-refractivity contribution in [3.05, 3.63) is 179 Å². The van der Waals surface area contributed by atoms with E-state index >= 15 is 0 Å². The molecule has 0 amide bonds. The molecule has 1 unspecified atom stereocenters. The second-order valence-corrected chi connectivity index (χ2v) is 10.5. The third kappa shape index (κ3) is 4.71. The third-order valence-corrected chi connectivity index (χ3v) is 8.36. The lowest BCUT2D eigenvalue weighted by atomic mass is 9.74. The predicted octanol–water partition coefficient (Wildman–Crippen LogP) is 7.64. The topological polar surface area (TPSA) is 23.5 Å². The second kappa shape index (κ2) is 11.4. The van der Waals surface area contributed by atoms with Crippen molar-refractivity contribution in [3.63, 3.8) is 0 Å². The second-order valence-electron chi connectivity index (χ2n) is 10.5. The minimum atomic E-state index is -0.590. The molecule has 0 aliphatic carbocycles. The minimum Gasteiger partial charge on any atom is -0.391 e. The van der Waals surface area contributed by atoms with Crippen molar-refractivity contribution in [2.75, 3.05) is 6.54 Å². The summed E-state index contributed by atoms with van der Waals surface area (Å²) >= 11 is 0. The van der Waals surface area contributed by atoms with Gasteiger partial charge in [-0.2, -0.15) is 0 Å². The summed E-state index contributed by atoms with van der Waals surface area (Å²) < 4.78 is 0. The largest absolute Gasteiger partial charge is 0.391 e. The molecule has 1 saturated heterocycles. The van der Waals surface area contributed by atoms with E-state index in [0.717, 1.165) is 30.5 Å². The van der Waals surface area contributed by atoms with Crippen LogP contribution in [0.4, 0.5) is 0 Å². The zero-order chi connectivity index (χ0) is 26.5. The van der Waals surface area contributed by atoms with Crippen LogP contribution in [0.1, 0.15) is 46.6 Å². The average Bonchev–Trinajstić information content (AvgIpc) is 3.51. The number of likely N-dealkylation sites (tertiary alicyclic amines) is 1. The molecule has 39 heavy (non-hydrogen) atoms. The van der Waals surface area contributed by atoms with Crippen LogP contribution in [-0.4, -0.2) is 28.7 Å². The van der Waals surface area contributed by atoms with Crippen LogP contribution in [0, 0.1) is 0 Å². The summed E-state index contributed by atoms with van der Waals surface area (Å²) in [5, 5.41) is 12.4. The van der Waals surface area contributed by atoms with E-state index in [9.17, 15) is 5.11 Å². The van der Waals surface area contributed by atoms with Crippen LogP contribution in [0.2, 0.25) is 0 Å². The fraction of sp³-hybridized carbons (Fsp3) is 0.189. The Hall–Kier alpha value is -3.98. The number of hydrogen-bond acceptors (Lipinski definition) is 2. The smallest absolute Gasteiger partial charge is 0.0976 e. The van der Waals surface area contributed by atoms with Gasteiger partial charge in [-0.25, -0.2) is 0 Å². The molecule has 0 spiro atoms. The van der Waals surface area contributed by atoms with Crippen molar-refractivity contribution < 1.29 is 5.11 Å². The van der Waals surface area contributed by atoms with Crippen LogP contribution < -0.4 is 0 Å². The Kier molecular flexibility index (Phi) is 7.40. The molecule has 0 aromatic heterocycles. The van der Waals surface area contributed by atoms with E-state index in [4.69, 9.17) is 0 Å². The van der Waals surface area contributed by atoms with E-state index in [0.29, 0.717) is 0 Å². The van der Waals surface area contributed by atoms with Gasteiger partial charge in [0.1, 0.15) is 0 Å². The van der Waals surface area contributed by atoms with E-state index in [1.807, 2.05) is 12.1 Å². The van der Waals surface area contributed by atoms with Crippen molar-refractivity contribution in [2.24, 2.45) is 0 Å². The Morgan fingerprint density at radius 3 is 1.28 bits per heavy atom. The number of rotatable bonds is 8. The molecule has 5 aromatic rings. The maximum atomic E-state index is 12.4. The maximum Gasteiger partial charge on any atom is 0.0976 e. The SMILES string of the molecule is O[C@H](C(c1ccccc1)c1ccccc1)C1CCCN1C(c1ccccc1)(c1ccccc1)c1ccccc1. The van der Waals surface area contributed by atoms with Crippen molar-refractivity contribution in [3.8, 4) is 0 Å². The first-order chi connectivity index (χ1) is 19.3. The molecule has 5 aromatic carbocycles.